The maximum atomic E-state index is 13.6. The van der Waals surface area contributed by atoms with Crippen molar-refractivity contribution in [1.29, 1.82) is 0 Å². The molecule has 31 heavy (non-hydrogen) atoms. The average molecular weight is 423 g/mol. The van der Waals surface area contributed by atoms with Crippen molar-refractivity contribution in [3.63, 3.8) is 0 Å². The van der Waals surface area contributed by atoms with Crippen LogP contribution in [0.25, 0.3) is 11.2 Å². The first-order valence-electron chi connectivity index (χ1n) is 10.6. The van der Waals surface area contributed by atoms with Gasteiger partial charge in [-0.15, -0.1) is 0 Å². The van der Waals surface area contributed by atoms with E-state index in [9.17, 15) is 14.4 Å². The Morgan fingerprint density at radius 2 is 2.00 bits per heavy atom. The van der Waals surface area contributed by atoms with E-state index in [0.29, 0.717) is 11.6 Å². The number of fused-ring (bicyclic) bond motifs is 4. The van der Waals surface area contributed by atoms with E-state index in [1.54, 1.807) is 11.6 Å². The highest BCUT2D eigenvalue weighted by Gasteiger charge is 2.45. The van der Waals surface area contributed by atoms with Crippen molar-refractivity contribution in [1.82, 2.24) is 18.7 Å². The fourth-order valence-electron chi connectivity index (χ4n) is 5.26. The molecule has 9 nitrogen and oxygen atoms in total. The third-order valence-corrected chi connectivity index (χ3v) is 6.86. The molecule has 0 bridgehead atoms. The van der Waals surface area contributed by atoms with Gasteiger partial charge in [0.2, 0.25) is 5.91 Å². The number of aryl methyl sites for hydroxylation is 2. The second-order valence-electron chi connectivity index (χ2n) is 8.95. The van der Waals surface area contributed by atoms with E-state index in [4.69, 9.17) is 0 Å². The maximum Gasteiger partial charge on any atom is 0.332 e. The number of hydrogen-bond donors (Lipinski definition) is 1. The van der Waals surface area contributed by atoms with Crippen molar-refractivity contribution in [2.75, 3.05) is 25.0 Å². The Hall–Kier alpha value is -3.20. The van der Waals surface area contributed by atoms with Crippen LogP contribution in [0.2, 0.25) is 0 Å². The van der Waals surface area contributed by atoms with E-state index in [1.165, 1.54) is 34.0 Å². The highest BCUT2D eigenvalue weighted by atomic mass is 16.2. The number of carbonyl (C=O) groups excluding carboxylic acids is 1. The molecule has 2 aliphatic heterocycles. The molecule has 1 unspecified atom stereocenters. The first-order chi connectivity index (χ1) is 14.8. The smallest absolute Gasteiger partial charge is 0.332 e. The number of likely N-dealkylation sites (tertiary alicyclic amines) is 1. The van der Waals surface area contributed by atoms with Gasteiger partial charge in [-0.3, -0.25) is 18.7 Å². The first-order valence-corrected chi connectivity index (χ1v) is 10.6. The minimum absolute atomic E-state index is 0.00315. The van der Waals surface area contributed by atoms with E-state index >= 15 is 0 Å². The summed E-state index contributed by atoms with van der Waals surface area (Å²) >= 11 is 0. The summed E-state index contributed by atoms with van der Waals surface area (Å²) in [6.07, 6.45) is 2.42. The number of piperidine rings is 1. The number of rotatable bonds is 2. The fraction of sp³-hybridized carbons (Fsp3) is 0.455. The molecule has 0 radical (unpaired) electrons. The van der Waals surface area contributed by atoms with E-state index in [0.717, 1.165) is 29.8 Å². The van der Waals surface area contributed by atoms with Crippen LogP contribution < -0.4 is 21.0 Å². The topological polar surface area (TPSA) is 86.6 Å². The predicted octanol–water partition coefficient (Wildman–Crippen LogP) is -0.840. The number of aromatic nitrogens is 4. The van der Waals surface area contributed by atoms with Crippen LogP contribution in [0.1, 0.15) is 23.5 Å². The Kier molecular flexibility index (Phi) is 4.40. The molecule has 2 aromatic heterocycles. The number of likely N-dealkylation sites (N-methyl/N-ethyl adjacent to an activating group) is 1. The SMILES string of the molecule is Cc1ccc2c(c1)[C@@H]1C[NH+](C)CC[C@@H]1N2C(=O)Cn1cnc2c1c(=O)n(C)c(=O)n2C. The zero-order valence-corrected chi connectivity index (χ0v) is 18.3. The molecule has 1 fully saturated rings. The van der Waals surface area contributed by atoms with Crippen LogP contribution in [0.15, 0.2) is 34.1 Å². The number of quaternary nitrogens is 1. The summed E-state index contributed by atoms with van der Waals surface area (Å²) in [5.41, 5.74) is 3.09. The lowest BCUT2D eigenvalue weighted by Gasteiger charge is -2.34. The molecule has 4 heterocycles. The summed E-state index contributed by atoms with van der Waals surface area (Å²) < 4.78 is 3.96. The van der Waals surface area contributed by atoms with Crippen molar-refractivity contribution in [3.8, 4) is 0 Å². The summed E-state index contributed by atoms with van der Waals surface area (Å²) in [5, 5.41) is 0. The fourth-order valence-corrected chi connectivity index (χ4v) is 5.26. The molecule has 1 amide bonds. The average Bonchev–Trinajstić information content (AvgIpc) is 3.29. The molecule has 162 valence electrons. The molecule has 1 saturated heterocycles. The summed E-state index contributed by atoms with van der Waals surface area (Å²) in [4.78, 5) is 46.2. The zero-order chi connectivity index (χ0) is 22.0. The Labute approximate surface area is 179 Å². The van der Waals surface area contributed by atoms with Crippen LogP contribution in [-0.2, 0) is 25.4 Å². The van der Waals surface area contributed by atoms with E-state index < -0.39 is 11.2 Å². The number of nitrogens with zero attached hydrogens (tertiary/aromatic N) is 5. The monoisotopic (exact) mass is 423 g/mol. The van der Waals surface area contributed by atoms with Gasteiger partial charge in [0.05, 0.1) is 38.4 Å². The number of hydrogen-bond acceptors (Lipinski definition) is 4. The van der Waals surface area contributed by atoms with E-state index in [1.807, 2.05) is 17.0 Å². The second-order valence-corrected chi connectivity index (χ2v) is 8.95. The van der Waals surface area contributed by atoms with Gasteiger partial charge in [0.25, 0.3) is 5.56 Å². The highest BCUT2D eigenvalue weighted by Crippen LogP contribution is 2.43. The second kappa shape index (κ2) is 6.91. The number of amides is 1. The van der Waals surface area contributed by atoms with Crippen LogP contribution in [-0.4, -0.2) is 50.8 Å². The minimum Gasteiger partial charge on any atom is -0.337 e. The molecule has 1 aromatic carbocycles. The van der Waals surface area contributed by atoms with Crippen molar-refractivity contribution in [2.45, 2.75) is 31.8 Å². The molecule has 2 aliphatic rings. The molecule has 0 aliphatic carbocycles. The van der Waals surface area contributed by atoms with Gasteiger partial charge in [-0.05, 0) is 18.6 Å². The van der Waals surface area contributed by atoms with Gasteiger partial charge < -0.3 is 14.4 Å². The standard InChI is InChI=1S/C22H26N6O3/c1-13-5-6-16-14(9-13)15-10-24(2)8-7-17(15)28(16)18(29)11-27-12-23-20-19(27)21(30)26(4)22(31)25(20)3/h5-6,9,12,15,17H,7-8,10-11H2,1-4H3/p+1/t15-,17-/m0/s1. The van der Waals surface area contributed by atoms with E-state index in [-0.39, 0.29) is 24.0 Å². The van der Waals surface area contributed by atoms with Gasteiger partial charge in [0.1, 0.15) is 6.54 Å². The normalized spacial score (nSPS) is 22.6. The summed E-state index contributed by atoms with van der Waals surface area (Å²) in [6, 6.07) is 6.43. The Bertz CT molecular complexity index is 1330. The number of carbonyl (C=O) groups is 1. The molecule has 5 rings (SSSR count). The maximum absolute atomic E-state index is 13.6. The van der Waals surface area contributed by atoms with Crippen LogP contribution in [0, 0.1) is 6.92 Å². The van der Waals surface area contributed by atoms with Crippen molar-refractivity contribution < 1.29 is 9.69 Å². The van der Waals surface area contributed by atoms with Gasteiger partial charge in [0, 0.05) is 26.2 Å². The van der Waals surface area contributed by atoms with Crippen molar-refractivity contribution in [3.05, 3.63) is 56.5 Å². The summed E-state index contributed by atoms with van der Waals surface area (Å²) in [6.45, 7) is 4.11. The van der Waals surface area contributed by atoms with Gasteiger partial charge in [0.15, 0.2) is 11.2 Å². The van der Waals surface area contributed by atoms with Crippen molar-refractivity contribution >= 4 is 22.8 Å². The molecule has 1 N–H and O–H groups in total. The predicted molar refractivity (Wildman–Crippen MR) is 117 cm³/mol. The van der Waals surface area contributed by atoms with Crippen LogP contribution in [0.5, 0.6) is 0 Å². The van der Waals surface area contributed by atoms with Crippen LogP contribution in [0.3, 0.4) is 0 Å². The Morgan fingerprint density at radius 3 is 2.77 bits per heavy atom. The Morgan fingerprint density at radius 1 is 1.23 bits per heavy atom. The molecule has 3 atom stereocenters. The molecule has 3 aromatic rings. The number of benzene rings is 1. The third kappa shape index (κ3) is 2.87. The van der Waals surface area contributed by atoms with Gasteiger partial charge in [-0.25, -0.2) is 9.78 Å². The van der Waals surface area contributed by atoms with Crippen molar-refractivity contribution in [2.24, 2.45) is 14.1 Å². The van der Waals surface area contributed by atoms with Crippen LogP contribution in [0.4, 0.5) is 5.69 Å². The van der Waals surface area contributed by atoms with Gasteiger partial charge >= 0.3 is 5.69 Å². The van der Waals surface area contributed by atoms with Crippen LogP contribution >= 0.6 is 0 Å². The Balaban J connectivity index is 1.56. The molecule has 0 saturated carbocycles. The minimum atomic E-state index is -0.443. The third-order valence-electron chi connectivity index (χ3n) is 6.86. The van der Waals surface area contributed by atoms with Gasteiger partial charge in [-0.2, -0.15) is 0 Å². The highest BCUT2D eigenvalue weighted by molar-refractivity contribution is 5.97. The summed E-state index contributed by atoms with van der Waals surface area (Å²) in [7, 11) is 5.22. The lowest BCUT2D eigenvalue weighted by atomic mass is 9.89. The lowest BCUT2D eigenvalue weighted by molar-refractivity contribution is -0.886. The zero-order valence-electron chi connectivity index (χ0n) is 18.3. The molecular formula is C22H27N6O3+. The van der Waals surface area contributed by atoms with E-state index in [2.05, 4.69) is 25.0 Å². The molecular weight excluding hydrogens is 396 g/mol. The number of anilines is 1. The summed E-state index contributed by atoms with van der Waals surface area (Å²) in [5.74, 6) is 0.258. The quantitative estimate of drug-likeness (QED) is 0.582. The number of nitrogens with one attached hydrogen (secondary N) is 1. The molecule has 0 spiro atoms. The number of imidazole rings is 1. The molecule has 9 heteroatoms. The van der Waals surface area contributed by atoms with Gasteiger partial charge in [-0.1, -0.05) is 17.7 Å². The largest absolute Gasteiger partial charge is 0.337 e. The first kappa shape index (κ1) is 19.7. The lowest BCUT2D eigenvalue weighted by Crippen LogP contribution is -3.11.